The van der Waals surface area contributed by atoms with Crippen molar-refractivity contribution in [3.05, 3.63) is 53.9 Å². The average molecular weight is 369 g/mol. The Bertz CT molecular complexity index is 799. The summed E-state index contributed by atoms with van der Waals surface area (Å²) in [6.45, 7) is 4.23. The summed E-state index contributed by atoms with van der Waals surface area (Å²) in [6.07, 6.45) is 4.58. The molecule has 2 aliphatic heterocycles. The zero-order valence-corrected chi connectivity index (χ0v) is 15.1. The predicted octanol–water partition coefficient (Wildman–Crippen LogP) is 2.14. The topological polar surface area (TPSA) is 75.1 Å². The zero-order valence-electron chi connectivity index (χ0n) is 15.1. The van der Waals surface area contributed by atoms with Crippen LogP contribution in [0, 0.1) is 0 Å². The van der Waals surface area contributed by atoms with Crippen molar-refractivity contribution in [1.29, 1.82) is 0 Å². The lowest BCUT2D eigenvalue weighted by Gasteiger charge is -2.28. The number of hydrogen-bond donors (Lipinski definition) is 1. The molecule has 0 aliphatic carbocycles. The van der Waals surface area contributed by atoms with Crippen LogP contribution in [0.15, 0.2) is 42.7 Å². The van der Waals surface area contributed by atoms with Gasteiger partial charge in [-0.25, -0.2) is 0 Å². The van der Waals surface area contributed by atoms with Crippen LogP contribution >= 0.6 is 0 Å². The van der Waals surface area contributed by atoms with Gasteiger partial charge in [0.1, 0.15) is 6.04 Å². The maximum absolute atomic E-state index is 12.0. The first kappa shape index (κ1) is 17.8. The van der Waals surface area contributed by atoms with Crippen molar-refractivity contribution in [2.75, 3.05) is 33.0 Å². The zero-order chi connectivity index (χ0) is 18.6. The van der Waals surface area contributed by atoms with Crippen molar-refractivity contribution in [1.82, 2.24) is 14.8 Å². The molecule has 4 rings (SSSR count). The number of benzene rings is 1. The largest absolute Gasteiger partial charge is 0.480 e. The lowest BCUT2D eigenvalue weighted by atomic mass is 10.0. The van der Waals surface area contributed by atoms with Gasteiger partial charge in [0.25, 0.3) is 0 Å². The molecule has 0 bridgehead atoms. The number of rotatable bonds is 5. The molecule has 1 saturated heterocycles. The van der Waals surface area contributed by atoms with Gasteiger partial charge >= 0.3 is 5.97 Å². The Morgan fingerprint density at radius 1 is 1.15 bits per heavy atom. The van der Waals surface area contributed by atoms with Crippen molar-refractivity contribution in [3.63, 3.8) is 0 Å². The normalized spacial score (nSPS) is 18.8. The van der Waals surface area contributed by atoms with Gasteiger partial charge in [-0.15, -0.1) is 0 Å². The van der Waals surface area contributed by atoms with E-state index in [9.17, 15) is 9.90 Å². The number of hydrogen-bond acceptors (Lipinski definition) is 6. The van der Waals surface area contributed by atoms with Crippen molar-refractivity contribution >= 4 is 5.97 Å². The first-order chi connectivity index (χ1) is 13.2. The van der Waals surface area contributed by atoms with Crippen LogP contribution < -0.4 is 9.47 Å². The number of ether oxygens (including phenoxy) is 2. The summed E-state index contributed by atoms with van der Waals surface area (Å²) in [5.41, 5.74) is 1.91. The molecule has 7 heteroatoms. The summed E-state index contributed by atoms with van der Waals surface area (Å²) in [5, 5.41) is 9.88. The molecular weight excluding hydrogens is 346 g/mol. The van der Waals surface area contributed by atoms with Gasteiger partial charge in [-0.3, -0.25) is 19.6 Å². The van der Waals surface area contributed by atoms with E-state index >= 15 is 0 Å². The quantitative estimate of drug-likeness (QED) is 0.865. The van der Waals surface area contributed by atoms with Crippen molar-refractivity contribution in [3.8, 4) is 11.5 Å². The molecule has 1 atom stereocenters. The summed E-state index contributed by atoms with van der Waals surface area (Å²) >= 11 is 0. The van der Waals surface area contributed by atoms with Gasteiger partial charge in [0.05, 0.1) is 0 Å². The Hall–Kier alpha value is -2.64. The predicted molar refractivity (Wildman–Crippen MR) is 98.6 cm³/mol. The number of carbonyl (C=O) groups is 1. The van der Waals surface area contributed by atoms with E-state index in [1.807, 2.05) is 23.2 Å². The van der Waals surface area contributed by atoms with Crippen LogP contribution in [0.1, 0.15) is 23.6 Å². The van der Waals surface area contributed by atoms with Gasteiger partial charge in [0, 0.05) is 38.6 Å². The third-order valence-corrected chi connectivity index (χ3v) is 5.06. The van der Waals surface area contributed by atoms with Crippen LogP contribution in [-0.2, 0) is 11.3 Å². The SMILES string of the molecule is O=C(O)[C@H](c1ccc2c(c1)OCO2)N1CCCN(Cc2cccnc2)CC1. The van der Waals surface area contributed by atoms with E-state index in [2.05, 4.69) is 16.0 Å². The molecule has 0 spiro atoms. The molecule has 142 valence electrons. The molecule has 27 heavy (non-hydrogen) atoms. The highest BCUT2D eigenvalue weighted by atomic mass is 16.7. The van der Waals surface area contributed by atoms with Crippen LogP contribution in [0.2, 0.25) is 0 Å². The van der Waals surface area contributed by atoms with E-state index in [0.29, 0.717) is 18.0 Å². The Kier molecular flexibility index (Phi) is 5.22. The number of fused-ring (bicyclic) bond motifs is 1. The average Bonchev–Trinajstić information content (AvgIpc) is 3.03. The van der Waals surface area contributed by atoms with Crippen molar-refractivity contribution in [2.45, 2.75) is 19.0 Å². The minimum atomic E-state index is -0.838. The fourth-order valence-corrected chi connectivity index (χ4v) is 3.75. The number of aromatic nitrogens is 1. The summed E-state index contributed by atoms with van der Waals surface area (Å²) < 4.78 is 10.8. The molecule has 7 nitrogen and oxygen atoms in total. The number of carboxylic acids is 1. The smallest absolute Gasteiger partial charge is 0.325 e. The fraction of sp³-hybridized carbons (Fsp3) is 0.400. The number of nitrogens with zero attached hydrogens (tertiary/aromatic N) is 3. The molecular formula is C20H23N3O4. The Morgan fingerprint density at radius 2 is 2.04 bits per heavy atom. The van der Waals surface area contributed by atoms with Crippen molar-refractivity contribution in [2.24, 2.45) is 0 Å². The molecule has 1 aromatic carbocycles. The van der Waals surface area contributed by atoms with Gasteiger partial charge in [0.2, 0.25) is 6.79 Å². The van der Waals surface area contributed by atoms with Gasteiger partial charge in [-0.1, -0.05) is 12.1 Å². The lowest BCUT2D eigenvalue weighted by molar-refractivity contribution is -0.143. The summed E-state index contributed by atoms with van der Waals surface area (Å²) in [7, 11) is 0. The third kappa shape index (κ3) is 4.04. The van der Waals surface area contributed by atoms with Crippen LogP contribution in [0.4, 0.5) is 0 Å². The molecule has 1 N–H and O–H groups in total. The van der Waals surface area contributed by atoms with Crippen LogP contribution in [0.5, 0.6) is 11.5 Å². The lowest BCUT2D eigenvalue weighted by Crippen LogP contribution is -2.37. The summed E-state index contributed by atoms with van der Waals surface area (Å²) in [5.74, 6) is 0.447. The molecule has 0 amide bonds. The number of pyridine rings is 1. The minimum absolute atomic E-state index is 0.184. The summed E-state index contributed by atoms with van der Waals surface area (Å²) in [6, 6.07) is 8.74. The third-order valence-electron chi connectivity index (χ3n) is 5.06. The molecule has 3 heterocycles. The maximum atomic E-state index is 12.0. The van der Waals surface area contributed by atoms with Crippen molar-refractivity contribution < 1.29 is 19.4 Å². The number of aliphatic carboxylic acids is 1. The monoisotopic (exact) mass is 369 g/mol. The molecule has 2 aromatic rings. The van der Waals surface area contributed by atoms with E-state index in [-0.39, 0.29) is 6.79 Å². The van der Waals surface area contributed by atoms with E-state index < -0.39 is 12.0 Å². The van der Waals surface area contributed by atoms with Gasteiger partial charge in [0.15, 0.2) is 11.5 Å². The van der Waals surface area contributed by atoms with Gasteiger partial charge in [-0.05, 0) is 42.3 Å². The van der Waals surface area contributed by atoms with Gasteiger partial charge in [-0.2, -0.15) is 0 Å². The standard InChI is InChI=1S/C20H23N3O4/c24-20(25)19(16-4-5-17-18(11-16)27-14-26-17)23-8-2-7-22(9-10-23)13-15-3-1-6-21-12-15/h1,3-6,11-12,19H,2,7-10,13-14H2,(H,24,25)/t19-/m0/s1. The highest BCUT2D eigenvalue weighted by Gasteiger charge is 2.30. The maximum Gasteiger partial charge on any atom is 0.325 e. The molecule has 0 saturated carbocycles. The highest BCUT2D eigenvalue weighted by Crippen LogP contribution is 2.35. The summed E-state index contributed by atoms with van der Waals surface area (Å²) in [4.78, 5) is 20.6. The number of carboxylic acid groups (broad SMARTS) is 1. The first-order valence-corrected chi connectivity index (χ1v) is 9.18. The fourth-order valence-electron chi connectivity index (χ4n) is 3.75. The van der Waals surface area contributed by atoms with Crippen LogP contribution in [-0.4, -0.2) is 58.8 Å². The Balaban J connectivity index is 1.46. The van der Waals surface area contributed by atoms with Crippen LogP contribution in [0.25, 0.3) is 0 Å². The van der Waals surface area contributed by atoms with Crippen LogP contribution in [0.3, 0.4) is 0 Å². The minimum Gasteiger partial charge on any atom is -0.480 e. The second-order valence-corrected chi connectivity index (χ2v) is 6.88. The molecule has 2 aliphatic rings. The van der Waals surface area contributed by atoms with E-state index in [4.69, 9.17) is 9.47 Å². The Labute approximate surface area is 158 Å². The molecule has 1 fully saturated rings. The van der Waals surface area contributed by atoms with E-state index in [1.165, 1.54) is 5.56 Å². The highest BCUT2D eigenvalue weighted by molar-refractivity contribution is 5.76. The van der Waals surface area contributed by atoms with E-state index in [0.717, 1.165) is 38.2 Å². The molecule has 0 radical (unpaired) electrons. The Morgan fingerprint density at radius 3 is 2.85 bits per heavy atom. The second-order valence-electron chi connectivity index (χ2n) is 6.88. The first-order valence-electron chi connectivity index (χ1n) is 9.18. The second kappa shape index (κ2) is 7.94. The molecule has 0 unspecified atom stereocenters. The molecule has 1 aromatic heterocycles. The van der Waals surface area contributed by atoms with E-state index in [1.54, 1.807) is 18.3 Å². The van der Waals surface area contributed by atoms with Gasteiger partial charge < -0.3 is 14.6 Å².